The molecular formula is C42H27N11O28S7. The second-order valence-electron chi connectivity index (χ2n) is 16.6. The van der Waals surface area contributed by atoms with Crippen LogP contribution in [0.4, 0.5) is 62.6 Å². The van der Waals surface area contributed by atoms with Crippen molar-refractivity contribution in [3.63, 3.8) is 0 Å². The van der Waals surface area contributed by atoms with Crippen molar-refractivity contribution in [2.75, 3.05) is 5.73 Å². The summed E-state index contributed by atoms with van der Waals surface area (Å²) in [5.74, 6) is -2.98. The summed E-state index contributed by atoms with van der Waals surface area (Å²) >= 11 is 0.469. The highest BCUT2D eigenvalue weighted by Gasteiger charge is 2.31. The van der Waals surface area contributed by atoms with Crippen molar-refractivity contribution >= 4 is 171 Å². The first-order valence-corrected chi connectivity index (χ1v) is 30.2. The highest BCUT2D eigenvalue weighted by atomic mass is 32.2. The first-order chi connectivity index (χ1) is 41.4. The molecule has 0 aromatic heterocycles. The molecule has 0 unspecified atom stereocenters. The lowest BCUT2D eigenvalue weighted by Gasteiger charge is -2.14. The zero-order valence-corrected chi connectivity index (χ0v) is 47.6. The van der Waals surface area contributed by atoms with Crippen molar-refractivity contribution in [3.05, 3.63) is 111 Å². The number of hydrogen-bond acceptors (Lipinski definition) is 36. The number of nitrogens with two attached hydrogens (primary N) is 1. The normalized spacial score (nSPS) is 12.8. The largest absolute Gasteiger partial charge is 0.505 e. The summed E-state index contributed by atoms with van der Waals surface area (Å²) in [7, 11) is -21.9. The van der Waals surface area contributed by atoms with Crippen LogP contribution in [0.3, 0.4) is 0 Å². The molecular weight excluding hydrogens is 1330 g/mol. The number of nitrogen functional groups attached to an aromatic ring is 1. The van der Waals surface area contributed by atoms with Crippen LogP contribution in [0, 0.1) is 20.2 Å². The Hall–Kier alpha value is -8.73. The van der Waals surface area contributed by atoms with Gasteiger partial charge in [0, 0.05) is 40.4 Å². The predicted octanol–water partition coefficient (Wildman–Crippen LogP) is 11.6. The monoisotopic (exact) mass is 1360 g/mol. The number of aromatic hydroxyl groups is 3. The van der Waals surface area contributed by atoms with E-state index in [1.165, 1.54) is 24.3 Å². The van der Waals surface area contributed by atoms with Crippen LogP contribution in [-0.4, -0.2) is 92.8 Å². The highest BCUT2D eigenvalue weighted by Crippen LogP contribution is 2.52. The maximum Gasteiger partial charge on any atom is 0.297 e. The Morgan fingerprint density at radius 1 is 0.432 bits per heavy atom. The van der Waals surface area contributed by atoms with Crippen molar-refractivity contribution in [1.82, 2.24) is 0 Å². The van der Waals surface area contributed by atoms with Gasteiger partial charge in [0.2, 0.25) is 0 Å². The molecule has 0 aliphatic rings. The zero-order chi connectivity index (χ0) is 64.4. The fraction of sp³-hybridized carbons (Fsp3) is 0. The summed E-state index contributed by atoms with van der Waals surface area (Å²) in [6.45, 7) is 0. The lowest BCUT2D eigenvalue weighted by molar-refractivity contribution is -0.432. The molecule has 46 heteroatoms. The van der Waals surface area contributed by atoms with Crippen molar-refractivity contribution < 1.29 is 121 Å². The third kappa shape index (κ3) is 14.0. The topological polar surface area (TPSA) is 605 Å². The number of azo groups is 4. The maximum absolute atomic E-state index is 13.1. The van der Waals surface area contributed by atoms with Crippen molar-refractivity contribution in [2.24, 2.45) is 40.9 Å². The van der Waals surface area contributed by atoms with Gasteiger partial charge in [0.05, 0.1) is 77.4 Å². The standard InChI is InChI=1S/C42H27N11O28S7/c43-34-33-17(11-29(84-81-78-63)36(41(33)56)48-44-18-1-4-21-16(9-18)10-28(83-80-77-62)35(39(21)54)49-46-25-7-3-20(53(59)60)14-30(25)85(64,65)66)12-31(86(67,68)69)37(34)50-47-26-8-5-22-23(42(26)88(73,74)75)15-32(87(70,71)72)38(40(22)55)51-45-24-6-2-19(52(57)58)13-27(24)82-79-76-61/h1-15,54-56,61-63H,43H2,(H,64,65,66)(H,67,68,69)(H,70,71,72)(H,73,74,75). The molecule has 0 saturated carbocycles. The molecule has 460 valence electrons. The molecule has 39 nitrogen and oxygen atoms in total. The number of benzene rings is 8. The predicted molar refractivity (Wildman–Crippen MR) is 295 cm³/mol. The van der Waals surface area contributed by atoms with Crippen LogP contribution < -0.4 is 5.73 Å². The molecule has 0 bridgehead atoms. The van der Waals surface area contributed by atoms with Gasteiger partial charge in [-0.05, 0) is 77.5 Å². The van der Waals surface area contributed by atoms with Gasteiger partial charge in [0.1, 0.15) is 59.4 Å². The Kier molecular flexibility index (Phi) is 19.2. The van der Waals surface area contributed by atoms with Gasteiger partial charge in [-0.2, -0.15) is 38.8 Å². The molecule has 0 spiro atoms. The Balaban J connectivity index is 1.24. The SMILES string of the molecule is Nc1c(N=Nc2ccc3c(O)c(N=Nc4ccc([N+](=O)[O-])cc4SOOO)c(S(=O)(=O)O)cc3c2S(=O)(=O)O)c(S(=O)(=O)O)cc2cc(SOOO)c(N=Nc3ccc4c(O)c(N=Nc5ccc([N+](=O)[O-])cc5S(=O)(=O)O)c(SOOO)cc4c3)c(O)c12. The van der Waals surface area contributed by atoms with Gasteiger partial charge in [-0.15, -0.1) is 48.8 Å². The second kappa shape index (κ2) is 25.9. The molecule has 0 saturated heterocycles. The van der Waals surface area contributed by atoms with E-state index in [1.807, 2.05) is 0 Å². The molecule has 8 aromatic rings. The molecule has 0 aliphatic carbocycles. The van der Waals surface area contributed by atoms with Gasteiger partial charge >= 0.3 is 0 Å². The smallest absolute Gasteiger partial charge is 0.297 e. The number of nitro benzene ring substituents is 2. The van der Waals surface area contributed by atoms with Gasteiger partial charge in [0.25, 0.3) is 51.8 Å². The van der Waals surface area contributed by atoms with E-state index in [4.69, 9.17) is 21.5 Å². The first kappa shape index (κ1) is 65.2. The van der Waals surface area contributed by atoms with Crippen LogP contribution in [0.15, 0.2) is 166 Å². The summed E-state index contributed by atoms with van der Waals surface area (Å²) in [6.07, 6.45) is 0. The van der Waals surface area contributed by atoms with E-state index in [-0.39, 0.29) is 78.3 Å². The molecule has 8 aromatic carbocycles. The minimum atomic E-state index is -5.70. The molecule has 8 rings (SSSR count). The number of anilines is 1. The van der Waals surface area contributed by atoms with Crippen molar-refractivity contribution in [2.45, 2.75) is 34.3 Å². The third-order valence-electron chi connectivity index (χ3n) is 11.4. The van der Waals surface area contributed by atoms with E-state index in [1.54, 1.807) is 0 Å². The fourth-order valence-corrected chi connectivity index (χ4v) is 12.0. The van der Waals surface area contributed by atoms with E-state index in [2.05, 4.69) is 69.0 Å². The van der Waals surface area contributed by atoms with Gasteiger partial charge in [-0.1, -0.05) is 15.1 Å². The maximum atomic E-state index is 13.1. The van der Waals surface area contributed by atoms with E-state index >= 15 is 0 Å². The number of nitro groups is 2. The zero-order valence-electron chi connectivity index (χ0n) is 41.9. The number of hydrogen-bond donors (Lipinski definition) is 11. The molecule has 0 amide bonds. The van der Waals surface area contributed by atoms with Crippen LogP contribution in [0.2, 0.25) is 0 Å². The van der Waals surface area contributed by atoms with Gasteiger partial charge in [-0.3, -0.25) is 38.4 Å². The Bertz CT molecular complexity index is 4850. The number of fused-ring (bicyclic) bond motifs is 3. The van der Waals surface area contributed by atoms with Crippen LogP contribution in [0.1, 0.15) is 0 Å². The first-order valence-electron chi connectivity index (χ1n) is 22.2. The molecule has 0 fully saturated rings. The van der Waals surface area contributed by atoms with Crippen LogP contribution in [0.5, 0.6) is 17.2 Å². The molecule has 12 N–H and O–H groups in total. The summed E-state index contributed by atoms with van der Waals surface area (Å²) in [4.78, 5) is 14.9. The Morgan fingerprint density at radius 3 is 1.48 bits per heavy atom. The number of non-ortho nitro benzene ring substituents is 2. The van der Waals surface area contributed by atoms with Gasteiger partial charge in [0.15, 0.2) is 17.2 Å². The average Bonchev–Trinajstić information content (AvgIpc) is 0.792. The minimum absolute atomic E-state index is 0.0512. The minimum Gasteiger partial charge on any atom is -0.505 e. The number of phenolic OH excluding ortho intramolecular Hbond substituents is 3. The molecule has 0 atom stereocenters. The van der Waals surface area contributed by atoms with E-state index in [9.17, 15) is 87.4 Å². The summed E-state index contributed by atoms with van der Waals surface area (Å²) in [6, 6.07) is 13.3. The Labute approximate surface area is 499 Å². The van der Waals surface area contributed by atoms with E-state index in [0.717, 1.165) is 42.5 Å². The quantitative estimate of drug-likeness (QED) is 0.00539. The summed E-state index contributed by atoms with van der Waals surface area (Å²) < 4.78 is 156. The molecule has 88 heavy (non-hydrogen) atoms. The highest BCUT2D eigenvalue weighted by molar-refractivity contribution is 7.95. The van der Waals surface area contributed by atoms with E-state index < -0.39 is 154 Å². The summed E-state index contributed by atoms with van der Waals surface area (Å²) in [5.41, 5.74) is -1.22. The molecule has 0 heterocycles. The number of phenols is 3. The molecule has 0 aliphatic heterocycles. The molecule has 0 radical (unpaired) electrons. The van der Waals surface area contributed by atoms with Crippen LogP contribution in [0.25, 0.3) is 32.3 Å². The van der Waals surface area contributed by atoms with Crippen molar-refractivity contribution in [1.29, 1.82) is 0 Å². The van der Waals surface area contributed by atoms with Crippen LogP contribution >= 0.6 is 36.1 Å². The average molecular weight is 1360 g/mol. The lowest BCUT2D eigenvalue weighted by Crippen LogP contribution is -2.03. The number of nitrogens with zero attached hydrogens (tertiary/aromatic N) is 10. The van der Waals surface area contributed by atoms with Gasteiger partial charge < -0.3 is 21.1 Å². The van der Waals surface area contributed by atoms with E-state index in [0.29, 0.717) is 24.3 Å². The fourth-order valence-electron chi connectivity index (χ4n) is 7.80. The third-order valence-corrected chi connectivity index (χ3v) is 16.9. The number of rotatable bonds is 23. The second-order valence-corrected chi connectivity index (χ2v) is 24.3. The lowest BCUT2D eigenvalue weighted by atomic mass is 10.0. The summed E-state index contributed by atoms with van der Waals surface area (Å²) in [5, 5.41) is 122. The Morgan fingerprint density at radius 2 is 0.898 bits per heavy atom. The van der Waals surface area contributed by atoms with Crippen molar-refractivity contribution in [3.8, 4) is 17.2 Å². The van der Waals surface area contributed by atoms with Crippen LogP contribution in [-0.2, 0) is 68.6 Å². The van der Waals surface area contributed by atoms with Gasteiger partial charge in [-0.25, -0.2) is 15.8 Å².